The Morgan fingerprint density at radius 3 is 2.76 bits per heavy atom. The van der Waals surface area contributed by atoms with Crippen LogP contribution >= 0.6 is 0 Å². The number of sulfonamides is 1. The number of hydrogen-bond acceptors (Lipinski definition) is 4. The molecule has 0 bridgehead atoms. The van der Waals surface area contributed by atoms with E-state index in [1.54, 1.807) is 13.1 Å². The van der Waals surface area contributed by atoms with Crippen LogP contribution < -0.4 is 10.5 Å². The molecule has 8 heteroatoms. The number of hydrogen-bond donors (Lipinski definition) is 2. The summed E-state index contributed by atoms with van der Waals surface area (Å²) in [5, 5.41) is 1.02. The van der Waals surface area contributed by atoms with Gasteiger partial charge in [0.15, 0.2) is 5.58 Å². The maximum atomic E-state index is 12.5. The number of aromatic amines is 1. The highest BCUT2D eigenvalue weighted by Gasteiger charge is 2.17. The fourth-order valence-corrected chi connectivity index (χ4v) is 3.79. The van der Waals surface area contributed by atoms with E-state index < -0.39 is 15.8 Å². The number of fused-ring (bicyclic) bond motifs is 2. The molecule has 0 spiro atoms. The van der Waals surface area contributed by atoms with Gasteiger partial charge in [-0.1, -0.05) is 18.2 Å². The smallest absolute Gasteiger partial charge is 0.408 e. The maximum Gasteiger partial charge on any atom is 0.419 e. The van der Waals surface area contributed by atoms with E-state index in [0.717, 1.165) is 16.6 Å². The quantitative estimate of drug-likeness (QED) is 0.584. The molecule has 0 aliphatic carbocycles. The zero-order valence-corrected chi connectivity index (χ0v) is 14.1. The van der Waals surface area contributed by atoms with Crippen LogP contribution in [0, 0.1) is 0 Å². The number of nitrogens with one attached hydrogen (secondary N) is 2. The van der Waals surface area contributed by atoms with Gasteiger partial charge in [0.05, 0.1) is 17.0 Å². The van der Waals surface area contributed by atoms with E-state index in [1.807, 2.05) is 30.3 Å². The Morgan fingerprint density at radius 2 is 1.96 bits per heavy atom. The van der Waals surface area contributed by atoms with Crippen LogP contribution in [0.15, 0.2) is 62.6 Å². The normalized spacial score (nSPS) is 12.2. The van der Waals surface area contributed by atoms with E-state index in [0.29, 0.717) is 5.52 Å². The van der Waals surface area contributed by atoms with Gasteiger partial charge in [0.25, 0.3) is 0 Å². The van der Waals surface area contributed by atoms with E-state index in [2.05, 4.69) is 9.71 Å². The van der Waals surface area contributed by atoms with Gasteiger partial charge in [0, 0.05) is 24.3 Å². The molecule has 7 nitrogen and oxygen atoms in total. The van der Waals surface area contributed by atoms with Crippen molar-refractivity contribution in [3.05, 3.63) is 64.8 Å². The Kier molecular flexibility index (Phi) is 3.52. The number of H-pyrrole nitrogens is 1. The van der Waals surface area contributed by atoms with Crippen molar-refractivity contribution in [3.63, 3.8) is 0 Å². The first-order chi connectivity index (χ1) is 11.9. The molecule has 4 rings (SSSR count). The standard InChI is InChI=1S/C17H15N3O4S/c1-20-15-7-6-13(9-16(15)24-17(20)21)25(22,23)18-10-12-8-11-4-2-3-5-14(11)19-12/h2-9,18-19H,10H2,1H3. The zero-order valence-electron chi connectivity index (χ0n) is 13.3. The Hall–Kier alpha value is -2.84. The largest absolute Gasteiger partial charge is 0.419 e. The molecular formula is C17H15N3O4S. The topological polar surface area (TPSA) is 97.1 Å². The molecule has 128 valence electrons. The summed E-state index contributed by atoms with van der Waals surface area (Å²) in [6.45, 7) is 0.133. The lowest BCUT2D eigenvalue weighted by molar-refractivity contribution is 0.527. The number of nitrogens with zero attached hydrogens (tertiary/aromatic N) is 1. The minimum absolute atomic E-state index is 0.0467. The second-order valence-corrected chi connectivity index (χ2v) is 7.53. The van der Waals surface area contributed by atoms with Crippen LogP contribution in [0.3, 0.4) is 0 Å². The van der Waals surface area contributed by atoms with E-state index >= 15 is 0 Å². The monoisotopic (exact) mass is 357 g/mol. The van der Waals surface area contributed by atoms with Crippen molar-refractivity contribution in [1.29, 1.82) is 0 Å². The fourth-order valence-electron chi connectivity index (χ4n) is 2.77. The lowest BCUT2D eigenvalue weighted by Gasteiger charge is -2.05. The van der Waals surface area contributed by atoms with Crippen LogP contribution in [0.5, 0.6) is 0 Å². The molecule has 0 amide bonds. The van der Waals surface area contributed by atoms with Gasteiger partial charge in [-0.25, -0.2) is 17.9 Å². The van der Waals surface area contributed by atoms with Crippen molar-refractivity contribution in [3.8, 4) is 0 Å². The third-order valence-electron chi connectivity index (χ3n) is 4.11. The molecule has 0 atom stereocenters. The fraction of sp³-hybridized carbons (Fsp3) is 0.118. The van der Waals surface area contributed by atoms with E-state index in [1.165, 1.54) is 16.7 Å². The van der Waals surface area contributed by atoms with Gasteiger partial charge in [0.2, 0.25) is 10.0 Å². The second-order valence-electron chi connectivity index (χ2n) is 5.76. The zero-order chi connectivity index (χ0) is 17.6. The number of benzene rings is 2. The SMILES string of the molecule is Cn1c(=O)oc2cc(S(=O)(=O)NCc3cc4ccccc4[nH]3)ccc21. The van der Waals surface area contributed by atoms with Gasteiger partial charge in [0.1, 0.15) is 0 Å². The van der Waals surface area contributed by atoms with Crippen molar-refractivity contribution >= 4 is 32.0 Å². The molecular weight excluding hydrogens is 342 g/mol. The third kappa shape index (κ3) is 2.75. The van der Waals surface area contributed by atoms with Gasteiger partial charge in [-0.3, -0.25) is 4.57 Å². The number of aryl methyl sites for hydroxylation is 1. The average Bonchev–Trinajstić information content (AvgIpc) is 3.14. The van der Waals surface area contributed by atoms with Crippen LogP contribution in [-0.2, 0) is 23.6 Å². The highest BCUT2D eigenvalue weighted by molar-refractivity contribution is 7.89. The molecule has 2 aromatic heterocycles. The van der Waals surface area contributed by atoms with Gasteiger partial charge in [-0.05, 0) is 29.7 Å². The molecule has 0 aliphatic heterocycles. The van der Waals surface area contributed by atoms with Crippen molar-refractivity contribution in [2.75, 3.05) is 0 Å². The van der Waals surface area contributed by atoms with Crippen LogP contribution in [0.1, 0.15) is 5.69 Å². The lowest BCUT2D eigenvalue weighted by Crippen LogP contribution is -2.23. The molecule has 0 saturated carbocycles. The number of rotatable bonds is 4. The van der Waals surface area contributed by atoms with Gasteiger partial charge in [-0.2, -0.15) is 0 Å². The van der Waals surface area contributed by atoms with Gasteiger partial charge >= 0.3 is 5.76 Å². The Bertz CT molecular complexity index is 1210. The summed E-state index contributed by atoms with van der Waals surface area (Å²) in [7, 11) is -2.17. The molecule has 0 fully saturated rings. The molecule has 25 heavy (non-hydrogen) atoms. The molecule has 0 radical (unpaired) electrons. The first kappa shape index (κ1) is 15.7. The molecule has 0 unspecified atom stereocenters. The van der Waals surface area contributed by atoms with Crippen molar-refractivity contribution in [1.82, 2.24) is 14.3 Å². The Labute approximate surface area is 142 Å². The minimum Gasteiger partial charge on any atom is -0.408 e. The third-order valence-corrected chi connectivity index (χ3v) is 5.51. The molecule has 4 aromatic rings. The maximum absolute atomic E-state index is 12.5. The number of aromatic nitrogens is 2. The first-order valence-electron chi connectivity index (χ1n) is 7.60. The highest BCUT2D eigenvalue weighted by atomic mass is 32.2. The predicted molar refractivity (Wildman–Crippen MR) is 93.8 cm³/mol. The van der Waals surface area contributed by atoms with Crippen LogP contribution in [-0.4, -0.2) is 18.0 Å². The van der Waals surface area contributed by atoms with E-state index in [9.17, 15) is 13.2 Å². The molecule has 0 saturated heterocycles. The molecule has 2 N–H and O–H groups in total. The van der Waals surface area contributed by atoms with Crippen LogP contribution in [0.2, 0.25) is 0 Å². The van der Waals surface area contributed by atoms with Crippen LogP contribution in [0.25, 0.3) is 22.0 Å². The molecule has 0 aliphatic rings. The van der Waals surface area contributed by atoms with Crippen molar-refractivity contribution < 1.29 is 12.8 Å². The minimum atomic E-state index is -3.73. The summed E-state index contributed by atoms with van der Waals surface area (Å²) < 4.78 is 33.9. The van der Waals surface area contributed by atoms with Gasteiger partial charge < -0.3 is 9.40 Å². The van der Waals surface area contributed by atoms with Crippen molar-refractivity contribution in [2.24, 2.45) is 7.05 Å². The summed E-state index contributed by atoms with van der Waals surface area (Å²) in [5.41, 5.74) is 2.49. The summed E-state index contributed by atoms with van der Waals surface area (Å²) in [4.78, 5) is 14.7. The van der Waals surface area contributed by atoms with E-state index in [4.69, 9.17) is 4.42 Å². The first-order valence-corrected chi connectivity index (χ1v) is 9.08. The predicted octanol–water partition coefficient (Wildman–Crippen LogP) is 2.09. The van der Waals surface area contributed by atoms with E-state index in [-0.39, 0.29) is 17.0 Å². The van der Waals surface area contributed by atoms with Crippen LogP contribution in [0.4, 0.5) is 0 Å². The Balaban J connectivity index is 1.61. The highest BCUT2D eigenvalue weighted by Crippen LogP contribution is 2.19. The van der Waals surface area contributed by atoms with Gasteiger partial charge in [-0.15, -0.1) is 0 Å². The summed E-state index contributed by atoms with van der Waals surface area (Å²) in [5.74, 6) is -0.532. The molecule has 2 heterocycles. The lowest BCUT2D eigenvalue weighted by atomic mass is 10.2. The summed E-state index contributed by atoms with van der Waals surface area (Å²) in [6.07, 6.45) is 0. The average molecular weight is 357 g/mol. The number of oxazole rings is 1. The Morgan fingerprint density at radius 1 is 1.16 bits per heavy atom. The second kappa shape index (κ2) is 5.61. The number of para-hydroxylation sites is 1. The molecule has 2 aromatic carbocycles. The summed E-state index contributed by atoms with van der Waals surface area (Å²) in [6, 6.07) is 14.0. The van der Waals surface area contributed by atoms with Crippen molar-refractivity contribution in [2.45, 2.75) is 11.4 Å². The summed E-state index contributed by atoms with van der Waals surface area (Å²) >= 11 is 0.